The van der Waals surface area contributed by atoms with E-state index in [4.69, 9.17) is 4.98 Å². The molecule has 0 saturated carbocycles. The standard InChI is InChI=1S/C31H33NSSi/c1-20-16-24(34(5,6)7)12-13-25(20)28-19-22-14-15-32-29(30(22)33-28)23-17-21-10-8-9-11-26(21)27(18-23)31(2,3)4/h8-19H,1-7H3. The highest BCUT2D eigenvalue weighted by atomic mass is 32.1. The van der Waals surface area contributed by atoms with Crippen LogP contribution in [0.25, 0.3) is 42.6 Å². The fourth-order valence-electron chi connectivity index (χ4n) is 4.78. The fourth-order valence-corrected chi connectivity index (χ4v) is 7.27. The van der Waals surface area contributed by atoms with Crippen molar-refractivity contribution in [1.29, 1.82) is 0 Å². The van der Waals surface area contributed by atoms with E-state index in [0.717, 1.165) is 5.69 Å². The monoisotopic (exact) mass is 479 g/mol. The third-order valence-corrected chi connectivity index (χ3v) is 9.97. The van der Waals surface area contributed by atoms with E-state index in [9.17, 15) is 0 Å². The largest absolute Gasteiger partial charge is 0.255 e. The van der Waals surface area contributed by atoms with Gasteiger partial charge >= 0.3 is 0 Å². The Morgan fingerprint density at radius 3 is 2.29 bits per heavy atom. The Hall–Kier alpha value is -2.75. The van der Waals surface area contributed by atoms with Gasteiger partial charge < -0.3 is 0 Å². The summed E-state index contributed by atoms with van der Waals surface area (Å²) in [5, 5.41) is 5.39. The van der Waals surface area contributed by atoms with E-state index in [1.54, 1.807) is 0 Å². The average Bonchev–Trinajstić information content (AvgIpc) is 3.21. The molecule has 2 heterocycles. The lowest BCUT2D eigenvalue weighted by molar-refractivity contribution is 0.596. The van der Waals surface area contributed by atoms with Crippen LogP contribution in [0.15, 0.2) is 72.9 Å². The first-order valence-corrected chi connectivity index (χ1v) is 16.4. The summed E-state index contributed by atoms with van der Waals surface area (Å²) in [6.07, 6.45) is 1.96. The first kappa shape index (κ1) is 23.0. The van der Waals surface area contributed by atoms with Crippen LogP contribution in [0, 0.1) is 6.92 Å². The van der Waals surface area contributed by atoms with Crippen molar-refractivity contribution < 1.29 is 0 Å². The second kappa shape index (κ2) is 8.18. The fraction of sp³-hybridized carbons (Fsp3) is 0.258. The highest BCUT2D eigenvalue weighted by molar-refractivity contribution is 7.22. The van der Waals surface area contributed by atoms with E-state index >= 15 is 0 Å². The second-order valence-corrected chi connectivity index (χ2v) is 17.6. The van der Waals surface area contributed by atoms with Crippen LogP contribution in [0.5, 0.6) is 0 Å². The van der Waals surface area contributed by atoms with Crippen LogP contribution in [-0.4, -0.2) is 13.1 Å². The number of nitrogens with zero attached hydrogens (tertiary/aromatic N) is 1. The summed E-state index contributed by atoms with van der Waals surface area (Å²) in [7, 11) is -1.32. The minimum absolute atomic E-state index is 0.0549. The lowest BCUT2D eigenvalue weighted by atomic mass is 9.82. The topological polar surface area (TPSA) is 12.9 Å². The zero-order chi connectivity index (χ0) is 24.3. The van der Waals surface area contributed by atoms with Crippen LogP contribution in [0.2, 0.25) is 19.6 Å². The molecule has 0 aliphatic rings. The second-order valence-electron chi connectivity index (χ2n) is 11.5. The average molecular weight is 480 g/mol. The summed E-state index contributed by atoms with van der Waals surface area (Å²) in [6.45, 7) is 16.4. The maximum atomic E-state index is 4.90. The van der Waals surface area contributed by atoms with Gasteiger partial charge in [-0.3, -0.25) is 4.98 Å². The molecule has 2 aromatic heterocycles. The van der Waals surface area contributed by atoms with Gasteiger partial charge in [-0.2, -0.15) is 0 Å². The van der Waals surface area contributed by atoms with Crippen LogP contribution in [0.3, 0.4) is 0 Å². The van der Waals surface area contributed by atoms with Gasteiger partial charge in [0.15, 0.2) is 0 Å². The summed E-state index contributed by atoms with van der Waals surface area (Å²) < 4.78 is 1.27. The Bertz CT molecular complexity index is 1530. The quantitative estimate of drug-likeness (QED) is 0.235. The molecule has 34 heavy (non-hydrogen) atoms. The van der Waals surface area contributed by atoms with Gasteiger partial charge in [0.25, 0.3) is 0 Å². The van der Waals surface area contributed by atoms with Gasteiger partial charge in [-0.15, -0.1) is 11.3 Å². The molecule has 0 amide bonds. The van der Waals surface area contributed by atoms with Crippen LogP contribution in [-0.2, 0) is 5.41 Å². The first-order chi connectivity index (χ1) is 16.0. The molecule has 0 unspecified atom stereocenters. The Kier molecular flexibility index (Phi) is 5.53. The molecule has 5 rings (SSSR count). The molecule has 5 aromatic rings. The maximum Gasteiger partial charge on any atom is 0.0880 e. The van der Waals surface area contributed by atoms with Gasteiger partial charge in [0, 0.05) is 16.6 Å². The summed E-state index contributed by atoms with van der Waals surface area (Å²) in [6, 6.07) is 25.0. The molecule has 1 nitrogen and oxygen atoms in total. The van der Waals surface area contributed by atoms with Crippen molar-refractivity contribution in [2.45, 2.75) is 52.8 Å². The Labute approximate surface area is 208 Å². The van der Waals surface area contributed by atoms with Gasteiger partial charge in [0.1, 0.15) is 0 Å². The Balaban J connectivity index is 1.69. The minimum Gasteiger partial charge on any atom is -0.255 e. The van der Waals surface area contributed by atoms with Crippen LogP contribution in [0.4, 0.5) is 0 Å². The molecule has 0 aliphatic carbocycles. The van der Waals surface area contributed by atoms with E-state index in [1.807, 2.05) is 17.5 Å². The van der Waals surface area contributed by atoms with Crippen molar-refractivity contribution in [2.75, 3.05) is 0 Å². The molecule has 0 radical (unpaired) electrons. The van der Waals surface area contributed by atoms with E-state index in [-0.39, 0.29) is 5.41 Å². The Morgan fingerprint density at radius 1 is 0.824 bits per heavy atom. The van der Waals surface area contributed by atoms with Crippen molar-refractivity contribution in [3.63, 3.8) is 0 Å². The molecule has 3 heteroatoms. The number of pyridine rings is 1. The molecule has 0 spiro atoms. The zero-order valence-corrected chi connectivity index (χ0v) is 23.1. The molecule has 172 valence electrons. The van der Waals surface area contributed by atoms with E-state index in [0.29, 0.717) is 0 Å². The third kappa shape index (κ3) is 4.12. The smallest absolute Gasteiger partial charge is 0.0880 e. The van der Waals surface area contributed by atoms with Crippen molar-refractivity contribution in [3.8, 4) is 21.7 Å². The molecule has 3 aromatic carbocycles. The minimum atomic E-state index is -1.32. The van der Waals surface area contributed by atoms with Crippen molar-refractivity contribution >= 4 is 45.5 Å². The normalized spacial score (nSPS) is 12.6. The van der Waals surface area contributed by atoms with Crippen molar-refractivity contribution in [1.82, 2.24) is 4.98 Å². The third-order valence-electron chi connectivity index (χ3n) is 6.73. The SMILES string of the molecule is Cc1cc([Si](C)(C)C)ccc1-c1cc2ccnc(-c3cc(C(C)(C)C)c4ccccc4c3)c2s1. The van der Waals surface area contributed by atoms with Crippen LogP contribution in [0.1, 0.15) is 31.9 Å². The van der Waals surface area contributed by atoms with Crippen molar-refractivity contribution in [3.05, 3.63) is 84.1 Å². The molecule has 0 saturated heterocycles. The molecule has 0 fully saturated rings. The van der Waals surface area contributed by atoms with Crippen molar-refractivity contribution in [2.24, 2.45) is 0 Å². The van der Waals surface area contributed by atoms with E-state index in [1.165, 1.54) is 53.2 Å². The zero-order valence-electron chi connectivity index (χ0n) is 21.3. The summed E-state index contributed by atoms with van der Waals surface area (Å²) >= 11 is 1.87. The predicted molar refractivity (Wildman–Crippen MR) is 154 cm³/mol. The highest BCUT2D eigenvalue weighted by Gasteiger charge is 2.21. The molecular weight excluding hydrogens is 447 g/mol. The van der Waals surface area contributed by atoms with Gasteiger partial charge in [-0.25, -0.2) is 0 Å². The summed E-state index contributed by atoms with van der Waals surface area (Å²) in [5.41, 5.74) is 6.41. The Morgan fingerprint density at radius 2 is 1.59 bits per heavy atom. The maximum absolute atomic E-state index is 4.90. The number of fused-ring (bicyclic) bond motifs is 2. The predicted octanol–water partition coefficient (Wildman–Crippen LogP) is 8.93. The number of benzene rings is 3. The highest BCUT2D eigenvalue weighted by Crippen LogP contribution is 2.41. The summed E-state index contributed by atoms with van der Waals surface area (Å²) in [5.74, 6) is 0. The van der Waals surface area contributed by atoms with E-state index < -0.39 is 8.07 Å². The summed E-state index contributed by atoms with van der Waals surface area (Å²) in [4.78, 5) is 6.22. The number of aryl methyl sites for hydroxylation is 1. The van der Waals surface area contributed by atoms with Gasteiger partial charge in [-0.05, 0) is 69.5 Å². The molecule has 0 bridgehead atoms. The van der Waals surface area contributed by atoms with Crippen LogP contribution < -0.4 is 5.19 Å². The van der Waals surface area contributed by atoms with Gasteiger partial charge in [0.2, 0.25) is 0 Å². The van der Waals surface area contributed by atoms with E-state index in [2.05, 4.69) is 114 Å². The lowest BCUT2D eigenvalue weighted by Gasteiger charge is -2.22. The molecule has 0 N–H and O–H groups in total. The molecule has 0 aliphatic heterocycles. The van der Waals surface area contributed by atoms with Crippen LogP contribution >= 0.6 is 11.3 Å². The number of rotatable bonds is 3. The molecule has 0 atom stereocenters. The number of thiophene rings is 1. The van der Waals surface area contributed by atoms with Gasteiger partial charge in [-0.1, -0.05) is 88.1 Å². The first-order valence-electron chi connectivity index (χ1n) is 12.1. The molecular formula is C31H33NSSi. The number of aromatic nitrogens is 1. The number of hydrogen-bond acceptors (Lipinski definition) is 2. The van der Waals surface area contributed by atoms with Gasteiger partial charge in [0.05, 0.1) is 18.5 Å². The lowest BCUT2D eigenvalue weighted by Crippen LogP contribution is -2.37. The number of hydrogen-bond donors (Lipinski definition) is 0.